The molecule has 66 valence electrons. The number of para-hydroxylation sites is 1. The predicted octanol–water partition coefficient (Wildman–Crippen LogP) is 2.15. The van der Waals surface area contributed by atoms with Crippen LogP contribution in [-0.4, -0.2) is 4.92 Å². The Bertz CT molecular complexity index is 384. The monoisotopic (exact) mass is 180 g/mol. The summed E-state index contributed by atoms with van der Waals surface area (Å²) in [6.07, 6.45) is 0. The molecule has 0 aromatic heterocycles. The van der Waals surface area contributed by atoms with E-state index in [0.29, 0.717) is 0 Å². The van der Waals surface area contributed by atoms with Gasteiger partial charge in [0.2, 0.25) is 12.4 Å². The molecule has 0 amide bonds. The Kier molecular flexibility index (Phi) is 2.55. The molecular formula is C8H5FN2O2. The van der Waals surface area contributed by atoms with Gasteiger partial charge in [-0.2, -0.15) is 4.39 Å². The third kappa shape index (κ3) is 1.79. The summed E-state index contributed by atoms with van der Waals surface area (Å²) in [5.41, 5.74) is -0.487. The second-order valence-electron chi connectivity index (χ2n) is 2.32. The molecule has 4 nitrogen and oxygen atoms in total. The quantitative estimate of drug-likeness (QED) is 0.397. The summed E-state index contributed by atoms with van der Waals surface area (Å²) in [6.45, 7) is 6.36. The van der Waals surface area contributed by atoms with Crippen LogP contribution in [0.15, 0.2) is 18.2 Å². The van der Waals surface area contributed by atoms with Crippen LogP contribution in [0.1, 0.15) is 5.56 Å². The summed E-state index contributed by atoms with van der Waals surface area (Å²) in [4.78, 5) is 12.5. The van der Waals surface area contributed by atoms with Crippen molar-refractivity contribution in [3.05, 3.63) is 51.1 Å². The maximum atomic E-state index is 12.9. The first-order valence-corrected chi connectivity index (χ1v) is 3.42. The van der Waals surface area contributed by atoms with Gasteiger partial charge in [0.1, 0.15) is 5.56 Å². The SMILES string of the molecule is [C-]#[N+]Cc1cccc(F)c1[N+](=O)[O-]. The Balaban J connectivity index is 3.27. The van der Waals surface area contributed by atoms with Crippen LogP contribution in [0.4, 0.5) is 10.1 Å². The van der Waals surface area contributed by atoms with Crippen LogP contribution < -0.4 is 0 Å². The lowest BCUT2D eigenvalue weighted by Gasteiger charge is -1.96. The third-order valence-corrected chi connectivity index (χ3v) is 1.50. The fraction of sp³-hybridized carbons (Fsp3) is 0.125. The van der Waals surface area contributed by atoms with E-state index in [4.69, 9.17) is 6.57 Å². The van der Waals surface area contributed by atoms with Gasteiger partial charge >= 0.3 is 5.69 Å². The summed E-state index contributed by atoms with van der Waals surface area (Å²) in [7, 11) is 0. The minimum Gasteiger partial charge on any atom is -0.311 e. The first-order valence-electron chi connectivity index (χ1n) is 3.42. The lowest BCUT2D eigenvalue weighted by Crippen LogP contribution is -1.97. The van der Waals surface area contributed by atoms with Crippen molar-refractivity contribution < 1.29 is 9.31 Å². The number of halogens is 1. The molecule has 0 unspecified atom stereocenters. The second kappa shape index (κ2) is 3.63. The Hall–Kier alpha value is -1.96. The normalized spacial score (nSPS) is 9.23. The molecule has 0 heterocycles. The Morgan fingerprint density at radius 3 is 2.85 bits per heavy atom. The highest BCUT2D eigenvalue weighted by Crippen LogP contribution is 2.22. The smallest absolute Gasteiger partial charge is 0.311 e. The molecule has 0 atom stereocenters. The molecule has 1 rings (SSSR count). The zero-order valence-electron chi connectivity index (χ0n) is 6.53. The van der Waals surface area contributed by atoms with E-state index in [-0.39, 0.29) is 12.1 Å². The van der Waals surface area contributed by atoms with E-state index < -0.39 is 16.4 Å². The molecule has 0 bridgehead atoms. The highest BCUT2D eigenvalue weighted by molar-refractivity contribution is 5.41. The molecule has 0 aliphatic heterocycles. The van der Waals surface area contributed by atoms with Gasteiger partial charge in [0, 0.05) is 0 Å². The van der Waals surface area contributed by atoms with Gasteiger partial charge in [0.25, 0.3) is 0 Å². The van der Waals surface area contributed by atoms with E-state index >= 15 is 0 Å². The molecule has 1 aromatic carbocycles. The summed E-state index contributed by atoms with van der Waals surface area (Å²) >= 11 is 0. The molecule has 0 aliphatic carbocycles. The van der Waals surface area contributed by atoms with Gasteiger partial charge in [-0.1, -0.05) is 6.07 Å². The molecule has 0 radical (unpaired) electrons. The Morgan fingerprint density at radius 1 is 1.62 bits per heavy atom. The number of nitro groups is 1. The van der Waals surface area contributed by atoms with Crippen LogP contribution in [0.2, 0.25) is 0 Å². The summed E-state index contributed by atoms with van der Waals surface area (Å²) in [6, 6.07) is 3.73. The first-order chi connectivity index (χ1) is 6.16. The van der Waals surface area contributed by atoms with E-state index in [0.717, 1.165) is 6.07 Å². The van der Waals surface area contributed by atoms with Gasteiger partial charge < -0.3 is 4.85 Å². The number of nitro benzene ring substituents is 1. The van der Waals surface area contributed by atoms with Crippen molar-refractivity contribution in [1.82, 2.24) is 0 Å². The number of hydrogen-bond donors (Lipinski definition) is 0. The van der Waals surface area contributed by atoms with E-state index in [2.05, 4.69) is 4.85 Å². The van der Waals surface area contributed by atoms with Crippen molar-refractivity contribution in [2.75, 3.05) is 0 Å². The van der Waals surface area contributed by atoms with Gasteiger partial charge in [-0.15, -0.1) is 0 Å². The molecule has 0 fully saturated rings. The maximum Gasteiger partial charge on any atom is 0.315 e. The van der Waals surface area contributed by atoms with E-state index in [9.17, 15) is 14.5 Å². The van der Waals surface area contributed by atoms with Crippen LogP contribution >= 0.6 is 0 Å². The maximum absolute atomic E-state index is 12.9. The molecule has 0 saturated heterocycles. The number of nitrogens with zero attached hydrogens (tertiary/aromatic N) is 2. The zero-order chi connectivity index (χ0) is 9.84. The number of hydrogen-bond acceptors (Lipinski definition) is 2. The number of benzene rings is 1. The molecular weight excluding hydrogens is 175 g/mol. The minimum absolute atomic E-state index is 0.111. The molecule has 5 heteroatoms. The highest BCUT2D eigenvalue weighted by Gasteiger charge is 2.20. The zero-order valence-corrected chi connectivity index (χ0v) is 6.53. The van der Waals surface area contributed by atoms with Crippen molar-refractivity contribution in [2.24, 2.45) is 0 Å². The molecule has 13 heavy (non-hydrogen) atoms. The molecule has 0 N–H and O–H groups in total. The first kappa shape index (κ1) is 9.13. The highest BCUT2D eigenvalue weighted by atomic mass is 19.1. The van der Waals surface area contributed by atoms with Crippen molar-refractivity contribution in [3.8, 4) is 0 Å². The average molecular weight is 180 g/mol. The Labute approximate surface area is 73.6 Å². The van der Waals surface area contributed by atoms with Crippen molar-refractivity contribution >= 4 is 5.69 Å². The second-order valence-corrected chi connectivity index (χ2v) is 2.32. The van der Waals surface area contributed by atoms with Crippen molar-refractivity contribution in [1.29, 1.82) is 0 Å². The standard InChI is InChI=1S/C8H5FN2O2/c1-10-5-6-3-2-4-7(9)8(6)11(12)13/h2-4H,5H2. The van der Waals surface area contributed by atoms with Gasteiger partial charge in [-0.3, -0.25) is 10.1 Å². The molecule has 0 saturated carbocycles. The number of rotatable bonds is 2. The third-order valence-electron chi connectivity index (χ3n) is 1.50. The van der Waals surface area contributed by atoms with Crippen LogP contribution in [0.25, 0.3) is 4.85 Å². The fourth-order valence-corrected chi connectivity index (χ4v) is 0.977. The van der Waals surface area contributed by atoms with E-state index in [1.54, 1.807) is 0 Å². The summed E-state index contributed by atoms with van der Waals surface area (Å²) in [5.74, 6) is -0.897. The van der Waals surface area contributed by atoms with Crippen molar-refractivity contribution in [2.45, 2.75) is 6.54 Å². The molecule has 0 aliphatic rings. The Morgan fingerprint density at radius 2 is 2.31 bits per heavy atom. The van der Waals surface area contributed by atoms with Crippen LogP contribution in [0.3, 0.4) is 0 Å². The lowest BCUT2D eigenvalue weighted by atomic mass is 10.2. The molecule has 0 spiro atoms. The molecule has 1 aromatic rings. The lowest BCUT2D eigenvalue weighted by molar-refractivity contribution is -0.388. The largest absolute Gasteiger partial charge is 0.315 e. The van der Waals surface area contributed by atoms with E-state index in [1.165, 1.54) is 12.1 Å². The van der Waals surface area contributed by atoms with Crippen molar-refractivity contribution in [3.63, 3.8) is 0 Å². The summed E-state index contributed by atoms with van der Waals surface area (Å²) < 4.78 is 12.9. The summed E-state index contributed by atoms with van der Waals surface area (Å²) in [5, 5.41) is 10.4. The van der Waals surface area contributed by atoms with Gasteiger partial charge in [-0.05, 0) is 12.1 Å². The fourth-order valence-electron chi connectivity index (χ4n) is 0.977. The van der Waals surface area contributed by atoms with Gasteiger partial charge in [0.05, 0.1) is 4.92 Å². The van der Waals surface area contributed by atoms with Crippen LogP contribution in [0, 0.1) is 22.5 Å². The van der Waals surface area contributed by atoms with Gasteiger partial charge in [-0.25, -0.2) is 6.57 Å². The van der Waals surface area contributed by atoms with Crippen LogP contribution in [-0.2, 0) is 6.54 Å². The topological polar surface area (TPSA) is 47.5 Å². The van der Waals surface area contributed by atoms with E-state index in [1.807, 2.05) is 0 Å². The predicted molar refractivity (Wildman–Crippen MR) is 43.4 cm³/mol. The van der Waals surface area contributed by atoms with Gasteiger partial charge in [0.15, 0.2) is 0 Å². The average Bonchev–Trinajstić information content (AvgIpc) is 2.04. The van der Waals surface area contributed by atoms with Crippen LogP contribution in [0.5, 0.6) is 0 Å². The minimum atomic E-state index is -0.897.